The minimum atomic E-state index is -0.833. The molecule has 2 aromatic rings. The summed E-state index contributed by atoms with van der Waals surface area (Å²) in [6.07, 6.45) is 0. The Labute approximate surface area is 123 Å². The van der Waals surface area contributed by atoms with Crippen LogP contribution in [0.4, 0.5) is 0 Å². The summed E-state index contributed by atoms with van der Waals surface area (Å²) in [5.41, 5.74) is 0.478. The molecule has 0 aliphatic heterocycles. The van der Waals surface area contributed by atoms with Crippen LogP contribution in [0.5, 0.6) is 0 Å². The van der Waals surface area contributed by atoms with Crippen molar-refractivity contribution in [2.24, 2.45) is 0 Å². The Kier molecular flexibility index (Phi) is 4.42. The first-order valence-electron chi connectivity index (χ1n) is 6.29. The standard InChI is InChI=1S/C16H16ClNO2/c1-16(11-19,13-7-3-2-4-8-13)18-15(20)12-6-5-9-14(17)10-12/h2-10,19H,11H2,1H3,(H,18,20). The fraction of sp³-hybridized carbons (Fsp3) is 0.188. The Bertz CT molecular complexity index is 600. The summed E-state index contributed by atoms with van der Waals surface area (Å²) < 4.78 is 0. The highest BCUT2D eigenvalue weighted by Crippen LogP contribution is 2.21. The molecule has 104 valence electrons. The van der Waals surface area contributed by atoms with Crippen LogP contribution in [0.1, 0.15) is 22.8 Å². The SMILES string of the molecule is CC(CO)(NC(=O)c1cccc(Cl)c1)c1ccccc1. The second-order valence-corrected chi connectivity index (χ2v) is 5.26. The maximum absolute atomic E-state index is 12.3. The Morgan fingerprint density at radius 3 is 2.50 bits per heavy atom. The van der Waals surface area contributed by atoms with Gasteiger partial charge in [-0.25, -0.2) is 0 Å². The summed E-state index contributed by atoms with van der Waals surface area (Å²) in [6.45, 7) is 1.59. The monoisotopic (exact) mass is 289 g/mol. The summed E-state index contributed by atoms with van der Waals surface area (Å²) in [7, 11) is 0. The lowest BCUT2D eigenvalue weighted by atomic mass is 9.92. The molecule has 0 spiro atoms. The number of aliphatic hydroxyl groups excluding tert-OH is 1. The molecule has 2 rings (SSSR count). The molecule has 0 aliphatic rings. The number of halogens is 1. The van der Waals surface area contributed by atoms with Gasteiger partial charge in [0.25, 0.3) is 5.91 Å². The first-order valence-corrected chi connectivity index (χ1v) is 6.67. The van der Waals surface area contributed by atoms with E-state index in [0.717, 1.165) is 5.56 Å². The number of rotatable bonds is 4. The van der Waals surface area contributed by atoms with E-state index in [0.29, 0.717) is 10.6 Å². The molecule has 20 heavy (non-hydrogen) atoms. The first-order chi connectivity index (χ1) is 9.55. The third-order valence-corrected chi connectivity index (χ3v) is 3.44. The van der Waals surface area contributed by atoms with Gasteiger partial charge in [-0.15, -0.1) is 0 Å². The van der Waals surface area contributed by atoms with E-state index in [2.05, 4.69) is 5.32 Å². The van der Waals surface area contributed by atoms with E-state index in [1.165, 1.54) is 0 Å². The number of nitrogens with one attached hydrogen (secondary N) is 1. The minimum Gasteiger partial charge on any atom is -0.394 e. The Morgan fingerprint density at radius 1 is 1.20 bits per heavy atom. The number of benzene rings is 2. The molecule has 0 saturated carbocycles. The van der Waals surface area contributed by atoms with Gasteiger partial charge in [0.1, 0.15) is 0 Å². The third kappa shape index (κ3) is 3.18. The lowest BCUT2D eigenvalue weighted by Gasteiger charge is -2.29. The van der Waals surface area contributed by atoms with Crippen LogP contribution in [-0.2, 0) is 5.54 Å². The highest BCUT2D eigenvalue weighted by Gasteiger charge is 2.28. The van der Waals surface area contributed by atoms with Crippen LogP contribution < -0.4 is 5.32 Å². The normalized spacial score (nSPS) is 13.6. The van der Waals surface area contributed by atoms with Crippen molar-refractivity contribution in [2.45, 2.75) is 12.5 Å². The van der Waals surface area contributed by atoms with Gasteiger partial charge < -0.3 is 10.4 Å². The molecule has 4 heteroatoms. The van der Waals surface area contributed by atoms with Gasteiger partial charge in [0, 0.05) is 10.6 Å². The zero-order valence-corrected chi connectivity index (χ0v) is 11.9. The molecule has 0 radical (unpaired) electrons. The lowest BCUT2D eigenvalue weighted by molar-refractivity contribution is 0.0849. The summed E-state index contributed by atoms with van der Waals surface area (Å²) in [5.74, 6) is -0.270. The van der Waals surface area contributed by atoms with E-state index in [4.69, 9.17) is 11.6 Å². The van der Waals surface area contributed by atoms with Gasteiger partial charge >= 0.3 is 0 Å². The van der Waals surface area contributed by atoms with Crippen molar-refractivity contribution in [1.29, 1.82) is 0 Å². The topological polar surface area (TPSA) is 49.3 Å². The van der Waals surface area contributed by atoms with Crippen LogP contribution >= 0.6 is 11.6 Å². The van der Waals surface area contributed by atoms with Crippen LogP contribution in [0.25, 0.3) is 0 Å². The summed E-state index contributed by atoms with van der Waals surface area (Å²) in [4.78, 5) is 12.3. The predicted molar refractivity (Wildman–Crippen MR) is 79.8 cm³/mol. The zero-order chi connectivity index (χ0) is 14.6. The molecule has 3 nitrogen and oxygen atoms in total. The van der Waals surface area contributed by atoms with Gasteiger partial charge in [0.2, 0.25) is 0 Å². The first kappa shape index (κ1) is 14.6. The molecule has 2 aromatic carbocycles. The van der Waals surface area contributed by atoms with Crippen molar-refractivity contribution < 1.29 is 9.90 Å². The van der Waals surface area contributed by atoms with Crippen molar-refractivity contribution in [3.8, 4) is 0 Å². The van der Waals surface area contributed by atoms with Crippen molar-refractivity contribution in [3.05, 3.63) is 70.7 Å². The van der Waals surface area contributed by atoms with E-state index < -0.39 is 5.54 Å². The molecule has 0 saturated heterocycles. The molecule has 1 unspecified atom stereocenters. The summed E-state index contributed by atoms with van der Waals surface area (Å²) >= 11 is 5.88. The Balaban J connectivity index is 2.24. The van der Waals surface area contributed by atoms with Gasteiger partial charge in [-0.3, -0.25) is 4.79 Å². The molecule has 0 bridgehead atoms. The van der Waals surface area contributed by atoms with Gasteiger partial charge in [-0.05, 0) is 30.7 Å². The molecule has 0 fully saturated rings. The summed E-state index contributed by atoms with van der Waals surface area (Å²) in [5, 5.41) is 13.0. The second-order valence-electron chi connectivity index (χ2n) is 4.82. The molecule has 2 N–H and O–H groups in total. The molecular weight excluding hydrogens is 274 g/mol. The van der Waals surface area contributed by atoms with Gasteiger partial charge in [-0.1, -0.05) is 48.0 Å². The maximum atomic E-state index is 12.3. The van der Waals surface area contributed by atoms with E-state index in [1.807, 2.05) is 30.3 Å². The van der Waals surface area contributed by atoms with E-state index >= 15 is 0 Å². The molecule has 1 atom stereocenters. The fourth-order valence-corrected chi connectivity index (χ4v) is 2.15. The van der Waals surface area contributed by atoms with E-state index in [-0.39, 0.29) is 12.5 Å². The van der Waals surface area contributed by atoms with E-state index in [9.17, 15) is 9.90 Å². The van der Waals surface area contributed by atoms with Crippen molar-refractivity contribution in [2.75, 3.05) is 6.61 Å². The molecular formula is C16H16ClNO2. The minimum absolute atomic E-state index is 0.191. The van der Waals surface area contributed by atoms with Crippen LogP contribution in [-0.4, -0.2) is 17.6 Å². The van der Waals surface area contributed by atoms with Crippen LogP contribution in [0, 0.1) is 0 Å². The largest absolute Gasteiger partial charge is 0.394 e. The quantitative estimate of drug-likeness (QED) is 0.909. The number of carbonyl (C=O) groups is 1. The zero-order valence-electron chi connectivity index (χ0n) is 11.1. The number of aliphatic hydroxyl groups is 1. The second kappa shape index (κ2) is 6.07. The number of carbonyl (C=O) groups excluding carboxylic acids is 1. The average Bonchev–Trinajstić information content (AvgIpc) is 2.48. The van der Waals surface area contributed by atoms with Crippen molar-refractivity contribution in [3.63, 3.8) is 0 Å². The predicted octanol–water partition coefficient (Wildman–Crippen LogP) is 2.98. The average molecular weight is 290 g/mol. The van der Waals surface area contributed by atoms with Crippen LogP contribution in [0.3, 0.4) is 0 Å². The van der Waals surface area contributed by atoms with Gasteiger partial charge in [0.15, 0.2) is 0 Å². The Hall–Kier alpha value is -1.84. The van der Waals surface area contributed by atoms with Crippen LogP contribution in [0.15, 0.2) is 54.6 Å². The van der Waals surface area contributed by atoms with Crippen molar-refractivity contribution in [1.82, 2.24) is 5.32 Å². The molecule has 0 heterocycles. The number of amides is 1. The highest BCUT2D eigenvalue weighted by molar-refractivity contribution is 6.30. The fourth-order valence-electron chi connectivity index (χ4n) is 1.96. The smallest absolute Gasteiger partial charge is 0.252 e. The molecule has 0 aliphatic carbocycles. The number of hydrogen-bond acceptors (Lipinski definition) is 2. The van der Waals surface area contributed by atoms with Gasteiger partial charge in [-0.2, -0.15) is 0 Å². The lowest BCUT2D eigenvalue weighted by Crippen LogP contribution is -2.46. The molecule has 1 amide bonds. The summed E-state index contributed by atoms with van der Waals surface area (Å²) in [6, 6.07) is 16.1. The highest BCUT2D eigenvalue weighted by atomic mass is 35.5. The number of hydrogen-bond donors (Lipinski definition) is 2. The Morgan fingerprint density at radius 2 is 1.90 bits per heavy atom. The van der Waals surface area contributed by atoms with Gasteiger partial charge in [0.05, 0.1) is 12.1 Å². The van der Waals surface area contributed by atoms with Crippen LogP contribution in [0.2, 0.25) is 5.02 Å². The maximum Gasteiger partial charge on any atom is 0.252 e. The molecule has 0 aromatic heterocycles. The van der Waals surface area contributed by atoms with Crippen molar-refractivity contribution >= 4 is 17.5 Å². The van der Waals surface area contributed by atoms with E-state index in [1.54, 1.807) is 31.2 Å². The third-order valence-electron chi connectivity index (χ3n) is 3.20.